The molecule has 0 aliphatic heterocycles. The number of nitrogens with one attached hydrogen (secondary N) is 3. The van der Waals surface area contributed by atoms with Crippen LogP contribution >= 0.6 is 0 Å². The summed E-state index contributed by atoms with van der Waals surface area (Å²) in [6, 6.07) is 5.83. The zero-order chi connectivity index (χ0) is 19.7. The molecule has 1 atom stereocenters. The third-order valence-corrected chi connectivity index (χ3v) is 3.92. The van der Waals surface area contributed by atoms with E-state index in [9.17, 15) is 18.0 Å². The molecule has 0 radical (unpaired) electrons. The Morgan fingerprint density at radius 1 is 1.15 bits per heavy atom. The number of ether oxygens (including phenoxy) is 1. The molecule has 0 fully saturated rings. The molecule has 0 aliphatic rings. The zero-order valence-electron chi connectivity index (χ0n) is 15.5. The Labute approximate surface area is 154 Å². The maximum atomic E-state index is 12.2. The SMILES string of the molecule is CCOC(=O)NC(CNC(=O)c1ccc(NS(C)(=O)=O)cc1)CC(C)C. The summed E-state index contributed by atoms with van der Waals surface area (Å²) in [6.07, 6.45) is 1.23. The molecule has 0 heterocycles. The number of benzene rings is 1. The molecule has 0 bridgehead atoms. The summed E-state index contributed by atoms with van der Waals surface area (Å²) >= 11 is 0. The highest BCUT2D eigenvalue weighted by Gasteiger charge is 2.16. The highest BCUT2D eigenvalue weighted by atomic mass is 32.2. The summed E-state index contributed by atoms with van der Waals surface area (Å²) < 4.78 is 29.6. The first-order chi connectivity index (χ1) is 12.1. The smallest absolute Gasteiger partial charge is 0.407 e. The van der Waals surface area contributed by atoms with E-state index in [0.29, 0.717) is 23.6 Å². The molecule has 0 aromatic heterocycles. The molecule has 0 spiro atoms. The van der Waals surface area contributed by atoms with Crippen LogP contribution in [0.3, 0.4) is 0 Å². The normalized spacial score (nSPS) is 12.3. The Hall–Kier alpha value is -2.29. The van der Waals surface area contributed by atoms with Crippen LogP contribution in [-0.2, 0) is 14.8 Å². The van der Waals surface area contributed by atoms with Gasteiger partial charge in [-0.05, 0) is 43.5 Å². The van der Waals surface area contributed by atoms with E-state index in [1.807, 2.05) is 13.8 Å². The molecule has 146 valence electrons. The third-order valence-electron chi connectivity index (χ3n) is 3.31. The monoisotopic (exact) mass is 385 g/mol. The van der Waals surface area contributed by atoms with Crippen molar-refractivity contribution in [3.05, 3.63) is 29.8 Å². The van der Waals surface area contributed by atoms with Gasteiger partial charge in [0, 0.05) is 23.8 Å². The van der Waals surface area contributed by atoms with Crippen molar-refractivity contribution in [1.82, 2.24) is 10.6 Å². The van der Waals surface area contributed by atoms with Gasteiger partial charge in [0.05, 0.1) is 12.9 Å². The Balaban J connectivity index is 2.64. The van der Waals surface area contributed by atoms with E-state index in [1.165, 1.54) is 24.3 Å². The molecule has 0 saturated heterocycles. The standard InChI is InChI=1S/C17H27N3O5S/c1-5-25-17(22)19-15(10-12(2)3)11-18-16(21)13-6-8-14(9-7-13)20-26(4,23)24/h6-9,12,15,20H,5,10-11H2,1-4H3,(H,18,21)(H,19,22). The molecule has 0 saturated carbocycles. The van der Waals surface area contributed by atoms with Gasteiger partial charge >= 0.3 is 6.09 Å². The Morgan fingerprint density at radius 2 is 1.77 bits per heavy atom. The molecule has 3 N–H and O–H groups in total. The molecule has 26 heavy (non-hydrogen) atoms. The van der Waals surface area contributed by atoms with Crippen LogP contribution in [0.5, 0.6) is 0 Å². The van der Waals surface area contributed by atoms with E-state index >= 15 is 0 Å². The van der Waals surface area contributed by atoms with Gasteiger partial charge in [-0.3, -0.25) is 9.52 Å². The highest BCUT2D eigenvalue weighted by molar-refractivity contribution is 7.92. The van der Waals surface area contributed by atoms with E-state index in [4.69, 9.17) is 4.74 Å². The van der Waals surface area contributed by atoms with Gasteiger partial charge in [-0.1, -0.05) is 13.8 Å². The molecule has 1 unspecified atom stereocenters. The molecule has 9 heteroatoms. The molecule has 8 nitrogen and oxygen atoms in total. The minimum absolute atomic E-state index is 0.246. The second-order valence-corrected chi connectivity index (χ2v) is 8.10. The van der Waals surface area contributed by atoms with E-state index in [-0.39, 0.29) is 25.1 Å². The number of alkyl carbamates (subject to hydrolysis) is 1. The predicted molar refractivity (Wildman–Crippen MR) is 101 cm³/mol. The molecule has 1 aromatic carbocycles. The van der Waals surface area contributed by atoms with Crippen LogP contribution in [-0.4, -0.2) is 45.9 Å². The number of hydrogen-bond acceptors (Lipinski definition) is 5. The van der Waals surface area contributed by atoms with Gasteiger partial charge in [-0.25, -0.2) is 13.2 Å². The number of carbonyl (C=O) groups excluding carboxylic acids is 2. The van der Waals surface area contributed by atoms with Crippen LogP contribution in [0.25, 0.3) is 0 Å². The lowest BCUT2D eigenvalue weighted by Crippen LogP contribution is -2.44. The molecule has 2 amide bonds. The van der Waals surface area contributed by atoms with Crippen molar-refractivity contribution in [3.63, 3.8) is 0 Å². The lowest BCUT2D eigenvalue weighted by Gasteiger charge is -2.20. The largest absolute Gasteiger partial charge is 0.450 e. The quantitative estimate of drug-likeness (QED) is 0.601. The molecular formula is C17H27N3O5S. The lowest BCUT2D eigenvalue weighted by atomic mass is 10.0. The van der Waals surface area contributed by atoms with Crippen LogP contribution in [0.1, 0.15) is 37.6 Å². The lowest BCUT2D eigenvalue weighted by molar-refractivity contribution is 0.0944. The van der Waals surface area contributed by atoms with E-state index < -0.39 is 16.1 Å². The van der Waals surface area contributed by atoms with Crippen molar-refractivity contribution in [2.24, 2.45) is 5.92 Å². The van der Waals surface area contributed by atoms with Crippen LogP contribution < -0.4 is 15.4 Å². The first kappa shape index (κ1) is 21.8. The van der Waals surface area contributed by atoms with E-state index in [2.05, 4.69) is 15.4 Å². The average molecular weight is 385 g/mol. The van der Waals surface area contributed by atoms with Crippen molar-refractivity contribution in [2.75, 3.05) is 24.1 Å². The zero-order valence-corrected chi connectivity index (χ0v) is 16.4. The summed E-state index contributed by atoms with van der Waals surface area (Å²) in [4.78, 5) is 23.8. The van der Waals surface area contributed by atoms with Gasteiger partial charge in [-0.2, -0.15) is 0 Å². The Bertz CT molecular complexity index is 702. The molecular weight excluding hydrogens is 358 g/mol. The number of rotatable bonds is 9. The number of carbonyl (C=O) groups is 2. The fourth-order valence-corrected chi connectivity index (χ4v) is 2.89. The minimum Gasteiger partial charge on any atom is -0.450 e. The van der Waals surface area contributed by atoms with Crippen LogP contribution in [0.15, 0.2) is 24.3 Å². The second-order valence-electron chi connectivity index (χ2n) is 6.35. The maximum absolute atomic E-state index is 12.2. The van der Waals surface area contributed by atoms with Crippen molar-refractivity contribution in [2.45, 2.75) is 33.2 Å². The van der Waals surface area contributed by atoms with Gasteiger partial charge < -0.3 is 15.4 Å². The first-order valence-electron chi connectivity index (χ1n) is 8.40. The fraction of sp³-hybridized carbons (Fsp3) is 0.529. The van der Waals surface area contributed by atoms with Crippen LogP contribution in [0, 0.1) is 5.92 Å². The average Bonchev–Trinajstić information content (AvgIpc) is 2.51. The van der Waals surface area contributed by atoms with Gasteiger partial charge in [0.2, 0.25) is 10.0 Å². The van der Waals surface area contributed by atoms with E-state index in [0.717, 1.165) is 6.26 Å². The van der Waals surface area contributed by atoms with Gasteiger partial charge in [-0.15, -0.1) is 0 Å². The van der Waals surface area contributed by atoms with Crippen molar-refractivity contribution in [1.29, 1.82) is 0 Å². The first-order valence-corrected chi connectivity index (χ1v) is 10.3. The molecule has 1 rings (SSSR count). The Kier molecular flexibility index (Phi) is 8.37. The number of anilines is 1. The van der Waals surface area contributed by atoms with Crippen molar-refractivity contribution in [3.8, 4) is 0 Å². The summed E-state index contributed by atoms with van der Waals surface area (Å²) in [7, 11) is -3.36. The Morgan fingerprint density at radius 3 is 2.27 bits per heavy atom. The van der Waals surface area contributed by atoms with Gasteiger partial charge in [0.15, 0.2) is 0 Å². The van der Waals surface area contributed by atoms with Crippen molar-refractivity contribution < 1.29 is 22.7 Å². The molecule has 0 aliphatic carbocycles. The third kappa shape index (κ3) is 8.70. The van der Waals surface area contributed by atoms with E-state index in [1.54, 1.807) is 6.92 Å². The fourth-order valence-electron chi connectivity index (χ4n) is 2.32. The number of sulfonamides is 1. The van der Waals surface area contributed by atoms with Crippen LogP contribution in [0.2, 0.25) is 0 Å². The minimum atomic E-state index is -3.36. The predicted octanol–water partition coefficient (Wildman–Crippen LogP) is 1.95. The summed E-state index contributed by atoms with van der Waals surface area (Å²) in [5, 5.41) is 5.51. The highest BCUT2D eigenvalue weighted by Crippen LogP contribution is 2.11. The second kappa shape index (κ2) is 10.0. The summed E-state index contributed by atoms with van der Waals surface area (Å²) in [6.45, 7) is 6.31. The number of hydrogen-bond donors (Lipinski definition) is 3. The topological polar surface area (TPSA) is 114 Å². The number of amides is 2. The van der Waals surface area contributed by atoms with Crippen molar-refractivity contribution >= 4 is 27.7 Å². The van der Waals surface area contributed by atoms with Gasteiger partial charge in [0.1, 0.15) is 0 Å². The summed E-state index contributed by atoms with van der Waals surface area (Å²) in [5.41, 5.74) is 0.772. The maximum Gasteiger partial charge on any atom is 0.407 e. The summed E-state index contributed by atoms with van der Waals surface area (Å²) in [5.74, 6) is 0.0236. The van der Waals surface area contributed by atoms with Gasteiger partial charge in [0.25, 0.3) is 5.91 Å². The molecule has 1 aromatic rings. The van der Waals surface area contributed by atoms with Crippen LogP contribution in [0.4, 0.5) is 10.5 Å².